The van der Waals surface area contributed by atoms with E-state index in [0.29, 0.717) is 24.3 Å². The van der Waals surface area contributed by atoms with E-state index in [0.717, 1.165) is 43.0 Å². The van der Waals surface area contributed by atoms with E-state index in [1.807, 2.05) is 6.07 Å². The minimum absolute atomic E-state index is 0.138. The molecule has 1 aromatic heterocycles. The van der Waals surface area contributed by atoms with Crippen molar-refractivity contribution in [1.29, 1.82) is 0 Å². The number of hydrogen-bond acceptors (Lipinski definition) is 6. The van der Waals surface area contributed by atoms with Crippen LogP contribution in [0.1, 0.15) is 58.8 Å². The van der Waals surface area contributed by atoms with Gasteiger partial charge in [-0.05, 0) is 69.6 Å². The SMILES string of the molecule is CCOC(=O)c1cnc(CCCN2CCC(CN(F)C(=O)C(F)(F)C3CC3c3ccccc3)CC2)s1. The number of aromatic nitrogens is 1. The van der Waals surface area contributed by atoms with Gasteiger partial charge in [-0.15, -0.1) is 11.3 Å². The summed E-state index contributed by atoms with van der Waals surface area (Å²) in [5, 5.41) is 0.634. The van der Waals surface area contributed by atoms with Gasteiger partial charge in [0.25, 0.3) is 0 Å². The summed E-state index contributed by atoms with van der Waals surface area (Å²) in [5.41, 5.74) is 0.766. The Morgan fingerprint density at radius 3 is 2.64 bits per heavy atom. The van der Waals surface area contributed by atoms with Crippen LogP contribution in [0.3, 0.4) is 0 Å². The first-order chi connectivity index (χ1) is 17.3. The molecule has 10 heteroatoms. The second kappa shape index (κ2) is 11.7. The summed E-state index contributed by atoms with van der Waals surface area (Å²) in [6.07, 6.45) is 4.66. The van der Waals surface area contributed by atoms with Crippen molar-refractivity contribution in [2.24, 2.45) is 11.8 Å². The minimum Gasteiger partial charge on any atom is -0.462 e. The molecule has 36 heavy (non-hydrogen) atoms. The van der Waals surface area contributed by atoms with Crippen LogP contribution < -0.4 is 0 Å². The Labute approximate surface area is 213 Å². The molecule has 1 saturated heterocycles. The molecule has 196 valence electrons. The van der Waals surface area contributed by atoms with Crippen LogP contribution in [0.5, 0.6) is 0 Å². The summed E-state index contributed by atoms with van der Waals surface area (Å²) in [6, 6.07) is 8.90. The quantitative estimate of drug-likeness (QED) is 0.302. The van der Waals surface area contributed by atoms with Crippen molar-refractivity contribution in [3.63, 3.8) is 0 Å². The lowest BCUT2D eigenvalue weighted by atomic mass is 9.96. The highest BCUT2D eigenvalue weighted by Gasteiger charge is 2.61. The molecule has 1 aromatic carbocycles. The standard InChI is InChI=1S/C26H32F3N3O3S/c1-2-35-24(33)22-16-30-23(36-22)9-6-12-31-13-10-18(11-14-31)17-32(29)25(34)26(27,28)21-15-20(21)19-7-4-3-5-8-19/h3-5,7-8,16,18,20-21H,2,6,9-15,17H2,1H3. The molecule has 1 aliphatic heterocycles. The van der Waals surface area contributed by atoms with Crippen molar-refractivity contribution in [2.75, 3.05) is 32.8 Å². The molecule has 2 aromatic rings. The zero-order valence-corrected chi connectivity index (χ0v) is 21.2. The fourth-order valence-corrected chi connectivity index (χ4v) is 5.72. The molecule has 4 rings (SSSR count). The maximum atomic E-state index is 14.7. The Morgan fingerprint density at radius 2 is 1.94 bits per heavy atom. The number of halogens is 3. The lowest BCUT2D eigenvalue weighted by Crippen LogP contribution is -2.45. The number of carbonyl (C=O) groups is 2. The Kier molecular flexibility index (Phi) is 8.66. The van der Waals surface area contributed by atoms with Crippen LogP contribution in [0.4, 0.5) is 13.3 Å². The summed E-state index contributed by atoms with van der Waals surface area (Å²) >= 11 is 1.34. The smallest absolute Gasteiger partial charge is 0.349 e. The molecule has 2 atom stereocenters. The summed E-state index contributed by atoms with van der Waals surface area (Å²) in [5.74, 6) is -7.43. The Bertz CT molecular complexity index is 1030. The van der Waals surface area contributed by atoms with Gasteiger partial charge in [-0.25, -0.2) is 9.78 Å². The molecule has 2 unspecified atom stereocenters. The van der Waals surface area contributed by atoms with Crippen molar-refractivity contribution in [3.05, 3.63) is 52.0 Å². The number of benzene rings is 1. The number of carbonyl (C=O) groups excluding carboxylic acids is 2. The third-order valence-electron chi connectivity index (χ3n) is 7.01. The van der Waals surface area contributed by atoms with E-state index < -0.39 is 23.7 Å². The molecule has 6 nitrogen and oxygen atoms in total. The van der Waals surface area contributed by atoms with E-state index in [9.17, 15) is 22.9 Å². The molecule has 1 saturated carbocycles. The Morgan fingerprint density at radius 1 is 1.22 bits per heavy atom. The van der Waals surface area contributed by atoms with Crippen LogP contribution in [0.2, 0.25) is 0 Å². The van der Waals surface area contributed by atoms with E-state index in [1.54, 1.807) is 37.4 Å². The third kappa shape index (κ3) is 6.45. The first kappa shape index (κ1) is 26.6. The van der Waals surface area contributed by atoms with E-state index in [2.05, 4.69) is 9.88 Å². The zero-order chi connectivity index (χ0) is 25.7. The minimum atomic E-state index is -3.70. The van der Waals surface area contributed by atoms with E-state index in [-0.39, 0.29) is 30.0 Å². The summed E-state index contributed by atoms with van der Waals surface area (Å²) in [7, 11) is 0. The molecular weight excluding hydrogens is 491 g/mol. The van der Waals surface area contributed by atoms with E-state index >= 15 is 0 Å². The van der Waals surface area contributed by atoms with Crippen LogP contribution in [0.15, 0.2) is 36.5 Å². The molecule has 1 aliphatic carbocycles. The van der Waals surface area contributed by atoms with Crippen LogP contribution in [0.25, 0.3) is 0 Å². The number of rotatable bonds is 11. The number of thiazole rings is 1. The third-order valence-corrected chi connectivity index (χ3v) is 8.05. The second-order valence-corrected chi connectivity index (χ2v) is 10.7. The van der Waals surface area contributed by atoms with Gasteiger partial charge in [-0.1, -0.05) is 34.8 Å². The first-order valence-electron chi connectivity index (χ1n) is 12.5. The zero-order valence-electron chi connectivity index (χ0n) is 20.4. The number of ether oxygens (including phenoxy) is 1. The van der Waals surface area contributed by atoms with Crippen LogP contribution in [-0.2, 0) is 16.0 Å². The molecule has 2 heterocycles. The average molecular weight is 524 g/mol. The number of esters is 1. The molecule has 2 aliphatic rings. The van der Waals surface area contributed by atoms with Gasteiger partial charge in [-0.2, -0.15) is 13.9 Å². The Hall–Kier alpha value is -2.46. The molecule has 0 bridgehead atoms. The fourth-order valence-electron chi connectivity index (χ4n) is 4.86. The Balaban J connectivity index is 1.16. The average Bonchev–Trinajstić information content (AvgIpc) is 3.57. The summed E-state index contributed by atoms with van der Waals surface area (Å²) < 4.78 is 48.9. The molecule has 1 amide bonds. The monoisotopic (exact) mass is 523 g/mol. The van der Waals surface area contributed by atoms with Crippen LogP contribution >= 0.6 is 11.3 Å². The maximum absolute atomic E-state index is 14.7. The largest absolute Gasteiger partial charge is 0.462 e. The molecule has 0 spiro atoms. The van der Waals surface area contributed by atoms with Gasteiger partial charge in [0.2, 0.25) is 0 Å². The molecular formula is C26H32F3N3O3S. The lowest BCUT2D eigenvalue weighted by Gasteiger charge is -2.33. The van der Waals surface area contributed by atoms with Gasteiger partial charge >= 0.3 is 17.8 Å². The number of amides is 1. The van der Waals surface area contributed by atoms with Crippen molar-refractivity contribution >= 4 is 23.2 Å². The van der Waals surface area contributed by atoms with Gasteiger partial charge < -0.3 is 9.64 Å². The van der Waals surface area contributed by atoms with Crippen molar-refractivity contribution < 1.29 is 27.6 Å². The number of alkyl halides is 2. The maximum Gasteiger partial charge on any atom is 0.349 e. The van der Waals surface area contributed by atoms with Crippen LogP contribution in [0, 0.1) is 11.8 Å². The predicted molar refractivity (Wildman–Crippen MR) is 131 cm³/mol. The van der Waals surface area contributed by atoms with Gasteiger partial charge in [0.15, 0.2) is 0 Å². The second-order valence-electron chi connectivity index (χ2n) is 9.56. The lowest BCUT2D eigenvalue weighted by molar-refractivity contribution is -0.178. The number of nitrogens with zero attached hydrogens (tertiary/aromatic N) is 3. The van der Waals surface area contributed by atoms with Gasteiger partial charge in [0, 0.05) is 12.3 Å². The van der Waals surface area contributed by atoms with Gasteiger partial charge in [-0.3, -0.25) is 4.79 Å². The molecule has 0 N–H and O–H groups in total. The van der Waals surface area contributed by atoms with Crippen molar-refractivity contribution in [1.82, 2.24) is 15.0 Å². The van der Waals surface area contributed by atoms with E-state index in [1.165, 1.54) is 11.3 Å². The highest BCUT2D eigenvalue weighted by atomic mass is 32.1. The number of likely N-dealkylation sites (tertiary alicyclic amines) is 1. The van der Waals surface area contributed by atoms with Gasteiger partial charge in [0.1, 0.15) is 4.88 Å². The molecule has 2 fully saturated rings. The normalized spacial score (nSPS) is 20.8. The number of piperidine rings is 1. The van der Waals surface area contributed by atoms with E-state index in [4.69, 9.17) is 4.74 Å². The van der Waals surface area contributed by atoms with Crippen molar-refractivity contribution in [3.8, 4) is 0 Å². The number of hydrogen-bond donors (Lipinski definition) is 0. The topological polar surface area (TPSA) is 62.7 Å². The fraction of sp³-hybridized carbons (Fsp3) is 0.577. The van der Waals surface area contributed by atoms with Crippen molar-refractivity contribution in [2.45, 2.75) is 50.9 Å². The summed E-state index contributed by atoms with van der Waals surface area (Å²) in [6.45, 7) is 4.09. The predicted octanol–water partition coefficient (Wildman–Crippen LogP) is 5.12. The highest BCUT2D eigenvalue weighted by Crippen LogP contribution is 2.56. The number of aryl methyl sites for hydroxylation is 1. The van der Waals surface area contributed by atoms with Gasteiger partial charge in [0.05, 0.1) is 24.4 Å². The molecule has 0 radical (unpaired) electrons. The first-order valence-corrected chi connectivity index (χ1v) is 13.4. The summed E-state index contributed by atoms with van der Waals surface area (Å²) in [4.78, 5) is 31.0. The van der Waals surface area contributed by atoms with Crippen LogP contribution in [-0.4, -0.2) is 65.6 Å². The highest BCUT2D eigenvalue weighted by molar-refractivity contribution is 7.13.